The third-order valence-corrected chi connectivity index (χ3v) is 15.2. The molecule has 73 heavy (non-hydrogen) atoms. The molecule has 0 atom stereocenters. The molecule has 14 rings (SSSR count). The topological polar surface area (TPSA) is 12.5 Å². The van der Waals surface area contributed by atoms with Crippen LogP contribution in [0.1, 0.15) is 22.3 Å². The Morgan fingerprint density at radius 1 is 0.260 bits per heavy atom. The quantitative estimate of drug-likeness (QED) is 0.151. The molecule has 1 heterocycles. The van der Waals surface area contributed by atoms with Gasteiger partial charge in [0.15, 0.2) is 0 Å². The van der Waals surface area contributed by atoms with E-state index in [1.54, 1.807) is 0 Å². The van der Waals surface area contributed by atoms with Crippen LogP contribution in [0.5, 0.6) is 11.5 Å². The molecule has 0 saturated heterocycles. The molecule has 1 aliphatic heterocycles. The largest absolute Gasteiger partial charge is 0.457 e. The van der Waals surface area contributed by atoms with Crippen molar-refractivity contribution in [3.63, 3.8) is 0 Å². The first-order valence-electron chi connectivity index (χ1n) is 25.2. The Bertz CT molecular complexity index is 4010. The molecule has 342 valence electrons. The lowest BCUT2D eigenvalue weighted by Gasteiger charge is -2.39. The van der Waals surface area contributed by atoms with E-state index in [-0.39, 0.29) is 0 Å². The molecular formula is C71H47NO. The maximum Gasteiger partial charge on any atom is 0.132 e. The maximum atomic E-state index is 6.74. The highest BCUT2D eigenvalue weighted by molar-refractivity contribution is 6.02. The van der Waals surface area contributed by atoms with Crippen LogP contribution in [0.4, 0.5) is 17.1 Å². The lowest BCUT2D eigenvalue weighted by molar-refractivity contribution is 0.436. The highest BCUT2D eigenvalue weighted by Crippen LogP contribution is 2.64. The number of anilines is 3. The van der Waals surface area contributed by atoms with Crippen molar-refractivity contribution in [2.45, 2.75) is 5.41 Å². The van der Waals surface area contributed by atoms with E-state index in [2.05, 4.69) is 290 Å². The predicted molar refractivity (Wildman–Crippen MR) is 303 cm³/mol. The van der Waals surface area contributed by atoms with Crippen molar-refractivity contribution in [1.82, 2.24) is 0 Å². The van der Waals surface area contributed by atoms with E-state index in [4.69, 9.17) is 4.74 Å². The molecule has 0 radical (unpaired) electrons. The van der Waals surface area contributed by atoms with E-state index in [1.165, 1.54) is 72.0 Å². The van der Waals surface area contributed by atoms with Crippen LogP contribution < -0.4 is 9.64 Å². The van der Waals surface area contributed by atoms with Gasteiger partial charge in [-0.1, -0.05) is 243 Å². The molecule has 2 aliphatic rings. The first-order chi connectivity index (χ1) is 36.2. The van der Waals surface area contributed by atoms with Gasteiger partial charge in [-0.25, -0.2) is 0 Å². The number of benzene rings is 12. The molecule has 0 N–H and O–H groups in total. The number of fused-ring (bicyclic) bond motifs is 10. The van der Waals surface area contributed by atoms with Gasteiger partial charge in [-0.15, -0.1) is 0 Å². The molecule has 2 heteroatoms. The summed E-state index contributed by atoms with van der Waals surface area (Å²) in [5, 5.41) is 2.50. The molecule has 1 aliphatic carbocycles. The highest BCUT2D eigenvalue weighted by atomic mass is 16.5. The van der Waals surface area contributed by atoms with Crippen LogP contribution in [0.25, 0.3) is 77.5 Å². The second-order valence-corrected chi connectivity index (χ2v) is 19.1. The summed E-state index contributed by atoms with van der Waals surface area (Å²) in [5.74, 6) is 1.76. The van der Waals surface area contributed by atoms with Crippen molar-refractivity contribution in [1.29, 1.82) is 0 Å². The minimum absolute atomic E-state index is 0.616. The van der Waals surface area contributed by atoms with E-state index in [0.717, 1.165) is 56.4 Å². The summed E-state index contributed by atoms with van der Waals surface area (Å²) in [7, 11) is 0. The van der Waals surface area contributed by atoms with Crippen LogP contribution in [0, 0.1) is 0 Å². The van der Waals surface area contributed by atoms with Crippen LogP contribution in [-0.4, -0.2) is 0 Å². The van der Waals surface area contributed by atoms with Crippen molar-refractivity contribution in [2.24, 2.45) is 0 Å². The van der Waals surface area contributed by atoms with Crippen molar-refractivity contribution < 1.29 is 4.74 Å². The second kappa shape index (κ2) is 17.4. The summed E-state index contributed by atoms with van der Waals surface area (Å²) >= 11 is 0. The minimum Gasteiger partial charge on any atom is -0.457 e. The summed E-state index contributed by atoms with van der Waals surface area (Å²) in [6, 6.07) is 104. The first-order valence-corrected chi connectivity index (χ1v) is 25.2. The third kappa shape index (κ3) is 6.87. The average molecular weight is 930 g/mol. The van der Waals surface area contributed by atoms with Gasteiger partial charge < -0.3 is 9.64 Å². The smallest absolute Gasteiger partial charge is 0.132 e. The standard InChI is InChI=1S/C71H47NO/c1-2-20-52(21-3-1)56-23-6-7-24-57(56)58-25-8-9-26-59(58)60-27-11-15-33-66(60)72(55-45-43-50(44-46-55)49-37-39-51(40-38-49)54-42-41-48-19-4-5-22-53(48)47-54)67-34-18-32-65-70(67)61-28-10-12-29-62(61)71(65)63-30-13-16-35-68(63)73-69-36-17-14-31-64(69)71/h1-47H. The number of hydrogen-bond donors (Lipinski definition) is 0. The predicted octanol–water partition coefficient (Wildman–Crippen LogP) is 19.1. The van der Waals surface area contributed by atoms with Gasteiger partial charge in [-0.05, 0) is 120 Å². The van der Waals surface area contributed by atoms with Gasteiger partial charge in [0.25, 0.3) is 0 Å². The minimum atomic E-state index is -0.616. The van der Waals surface area contributed by atoms with Crippen LogP contribution in [0.2, 0.25) is 0 Å². The molecule has 1 spiro atoms. The normalized spacial score (nSPS) is 12.6. The van der Waals surface area contributed by atoms with Crippen molar-refractivity contribution in [3.05, 3.63) is 307 Å². The van der Waals surface area contributed by atoms with Gasteiger partial charge in [-0.2, -0.15) is 0 Å². The van der Waals surface area contributed by atoms with E-state index >= 15 is 0 Å². The molecule has 12 aromatic rings. The van der Waals surface area contributed by atoms with Gasteiger partial charge in [0.2, 0.25) is 0 Å². The molecule has 0 bridgehead atoms. The average Bonchev–Trinajstić information content (AvgIpc) is 3.77. The van der Waals surface area contributed by atoms with Gasteiger partial charge in [0.05, 0.1) is 16.8 Å². The van der Waals surface area contributed by atoms with Crippen LogP contribution in [0.15, 0.2) is 285 Å². The molecule has 0 amide bonds. The Morgan fingerprint density at radius 3 is 1.40 bits per heavy atom. The van der Waals surface area contributed by atoms with Crippen molar-refractivity contribution in [3.8, 4) is 78.3 Å². The Kier molecular flexibility index (Phi) is 10.1. The number of nitrogens with zero attached hydrogens (tertiary/aromatic N) is 1. The van der Waals surface area contributed by atoms with E-state index in [1.807, 2.05) is 0 Å². The Labute approximate surface area is 426 Å². The third-order valence-electron chi connectivity index (χ3n) is 15.2. The molecule has 2 nitrogen and oxygen atoms in total. The number of para-hydroxylation sites is 3. The number of ether oxygens (including phenoxy) is 1. The monoisotopic (exact) mass is 929 g/mol. The molecule has 0 saturated carbocycles. The van der Waals surface area contributed by atoms with Gasteiger partial charge in [0, 0.05) is 27.9 Å². The molecule has 12 aromatic carbocycles. The lowest BCUT2D eigenvalue weighted by Crippen LogP contribution is -2.32. The SMILES string of the molecule is c1ccc(-c2ccccc2-c2ccccc2-c2ccccc2N(c2ccc(-c3ccc(-c4ccc5ccccc5c4)cc3)cc2)c2cccc3c2-c2ccccc2C32c3ccccc3Oc3ccccc32)cc1. The number of hydrogen-bond acceptors (Lipinski definition) is 2. The molecule has 0 aromatic heterocycles. The summed E-state index contributed by atoms with van der Waals surface area (Å²) in [6.45, 7) is 0. The van der Waals surface area contributed by atoms with Gasteiger partial charge >= 0.3 is 0 Å². The Hall–Kier alpha value is -9.50. The van der Waals surface area contributed by atoms with Crippen LogP contribution in [-0.2, 0) is 5.41 Å². The maximum absolute atomic E-state index is 6.74. The van der Waals surface area contributed by atoms with Gasteiger partial charge in [-0.3, -0.25) is 0 Å². The van der Waals surface area contributed by atoms with Gasteiger partial charge in [0.1, 0.15) is 11.5 Å². The van der Waals surface area contributed by atoms with Crippen LogP contribution >= 0.6 is 0 Å². The molecule has 0 unspecified atom stereocenters. The lowest BCUT2D eigenvalue weighted by atomic mass is 9.66. The highest BCUT2D eigenvalue weighted by Gasteiger charge is 2.52. The van der Waals surface area contributed by atoms with E-state index < -0.39 is 5.41 Å². The summed E-state index contributed by atoms with van der Waals surface area (Å²) in [4.78, 5) is 2.51. The number of rotatable bonds is 8. The Morgan fingerprint density at radius 2 is 0.712 bits per heavy atom. The zero-order chi connectivity index (χ0) is 48.3. The fourth-order valence-corrected chi connectivity index (χ4v) is 11.9. The fraction of sp³-hybridized carbons (Fsp3) is 0.0141. The van der Waals surface area contributed by atoms with Crippen molar-refractivity contribution in [2.75, 3.05) is 4.90 Å². The summed E-state index contributed by atoms with van der Waals surface area (Å²) in [5.41, 5.74) is 21.6. The van der Waals surface area contributed by atoms with E-state index in [0.29, 0.717) is 0 Å². The van der Waals surface area contributed by atoms with Crippen molar-refractivity contribution >= 4 is 27.8 Å². The Balaban J connectivity index is 0.970. The zero-order valence-corrected chi connectivity index (χ0v) is 40.0. The fourth-order valence-electron chi connectivity index (χ4n) is 11.9. The zero-order valence-electron chi connectivity index (χ0n) is 40.0. The molecule has 0 fully saturated rings. The first kappa shape index (κ1) is 42.4. The summed E-state index contributed by atoms with van der Waals surface area (Å²) < 4.78 is 6.74. The van der Waals surface area contributed by atoms with E-state index in [9.17, 15) is 0 Å². The molecular weight excluding hydrogens is 883 g/mol. The summed E-state index contributed by atoms with van der Waals surface area (Å²) in [6.07, 6.45) is 0. The second-order valence-electron chi connectivity index (χ2n) is 19.1. The van der Waals surface area contributed by atoms with Crippen LogP contribution in [0.3, 0.4) is 0 Å².